The summed E-state index contributed by atoms with van der Waals surface area (Å²) < 4.78 is 196. The molecule has 0 aromatic heterocycles. The number of alkyl halides is 15. The van der Waals surface area contributed by atoms with Crippen molar-refractivity contribution in [3.05, 3.63) is 35.4 Å². The number of hydrogen-bond donors (Lipinski definition) is 0. The summed E-state index contributed by atoms with van der Waals surface area (Å²) >= 11 is 4.88. The fraction of sp³-hybridized carbons (Fsp3) is 0.500. The molecule has 0 atom stereocenters. The zero-order chi connectivity index (χ0) is 25.1. The van der Waals surface area contributed by atoms with Crippen molar-refractivity contribution in [1.82, 2.24) is 0 Å². The van der Waals surface area contributed by atoms with Crippen molar-refractivity contribution in [2.75, 3.05) is 0 Å². The van der Waals surface area contributed by atoms with E-state index in [0.717, 1.165) is 0 Å². The lowest BCUT2D eigenvalue weighted by atomic mass is 9.88. The van der Waals surface area contributed by atoms with E-state index < -0.39 is 58.1 Å². The third kappa shape index (κ3) is 3.69. The minimum atomic E-state index is -8.35. The third-order valence-corrected chi connectivity index (χ3v) is 4.02. The minimum Gasteiger partial charge on any atom is -0.276 e. The van der Waals surface area contributed by atoms with Crippen molar-refractivity contribution >= 4 is 16.8 Å². The molecule has 1 aromatic rings. The van der Waals surface area contributed by atoms with Crippen LogP contribution in [0.2, 0.25) is 0 Å². The molecule has 1 rings (SSSR count). The molecule has 0 aliphatic rings. The van der Waals surface area contributed by atoms with Gasteiger partial charge >= 0.3 is 41.7 Å². The largest absolute Gasteiger partial charge is 0.460 e. The maximum Gasteiger partial charge on any atom is 0.460 e. The Labute approximate surface area is 165 Å². The van der Waals surface area contributed by atoms with Crippen LogP contribution in [0.5, 0.6) is 0 Å². The van der Waals surface area contributed by atoms with Crippen LogP contribution in [0.4, 0.5) is 65.9 Å². The fourth-order valence-electron chi connectivity index (χ4n) is 1.96. The lowest BCUT2D eigenvalue weighted by Gasteiger charge is -2.41. The molecule has 0 saturated carbocycles. The molecule has 0 aliphatic carbocycles. The van der Waals surface area contributed by atoms with E-state index in [2.05, 4.69) is 0 Å². The highest BCUT2D eigenvalue weighted by Crippen LogP contribution is 2.63. The van der Waals surface area contributed by atoms with Gasteiger partial charge < -0.3 is 0 Å². The topological polar surface area (TPSA) is 17.1 Å². The Morgan fingerprint density at radius 3 is 1.19 bits per heavy atom. The first-order valence-corrected chi connectivity index (χ1v) is 7.43. The number of hydrogen-bond acceptors (Lipinski definition) is 1. The van der Waals surface area contributed by atoms with E-state index in [-0.39, 0.29) is 24.3 Å². The van der Waals surface area contributed by atoms with Gasteiger partial charge in [0, 0.05) is 11.1 Å². The van der Waals surface area contributed by atoms with Crippen LogP contribution in [0.15, 0.2) is 24.3 Å². The maximum atomic E-state index is 13.9. The first kappa shape index (κ1) is 27.2. The predicted octanol–water partition coefficient (Wildman–Crippen LogP) is 6.90. The second-order valence-corrected chi connectivity index (χ2v) is 6.14. The van der Waals surface area contributed by atoms with Crippen LogP contribution in [-0.2, 0) is 5.92 Å². The molecule has 1 aromatic carbocycles. The van der Waals surface area contributed by atoms with E-state index >= 15 is 0 Å². The van der Waals surface area contributed by atoms with Crippen LogP contribution in [0.1, 0.15) is 15.9 Å². The van der Waals surface area contributed by atoms with Crippen LogP contribution in [0.3, 0.4) is 0 Å². The normalized spacial score (nSPS) is 15.2. The standard InChI is InChI=1S/C14H4ClF15O/c15-7(31)5-1-3-6(4-2-5)8(16,17)9(18,19)10(20,21)11(22,23)12(24,25)13(26,27)14(28,29)30/h1-4H. The first-order valence-electron chi connectivity index (χ1n) is 7.05. The molecule has 0 spiro atoms. The quantitative estimate of drug-likeness (QED) is 0.289. The Morgan fingerprint density at radius 1 is 0.548 bits per heavy atom. The summed E-state index contributed by atoms with van der Waals surface area (Å²) in [7, 11) is 0. The highest BCUT2D eigenvalue weighted by Gasteiger charge is 2.93. The van der Waals surface area contributed by atoms with Crippen LogP contribution < -0.4 is 0 Å². The average molecular weight is 509 g/mol. The van der Waals surface area contributed by atoms with E-state index in [9.17, 15) is 70.7 Å². The molecule has 0 N–H and O–H groups in total. The lowest BCUT2D eigenvalue weighted by molar-refractivity contribution is -0.453. The van der Waals surface area contributed by atoms with E-state index in [0.29, 0.717) is 0 Å². The molecule has 0 unspecified atom stereocenters. The Kier molecular flexibility index (Phi) is 6.43. The van der Waals surface area contributed by atoms with E-state index in [1.807, 2.05) is 0 Å². The number of carbonyl (C=O) groups excluding carboxylic acids is 1. The van der Waals surface area contributed by atoms with E-state index in [1.54, 1.807) is 0 Å². The molecule has 0 aliphatic heterocycles. The van der Waals surface area contributed by atoms with Gasteiger partial charge in [0.15, 0.2) is 0 Å². The average Bonchev–Trinajstić information content (AvgIpc) is 2.59. The van der Waals surface area contributed by atoms with Crippen LogP contribution in [0.25, 0.3) is 0 Å². The summed E-state index contributed by atoms with van der Waals surface area (Å²) in [6.45, 7) is 0. The van der Waals surface area contributed by atoms with Gasteiger partial charge in [-0.3, -0.25) is 4.79 Å². The Balaban J connectivity index is 3.62. The van der Waals surface area contributed by atoms with Crippen molar-refractivity contribution in [1.29, 1.82) is 0 Å². The SMILES string of the molecule is O=C(Cl)c1ccc(C(F)(F)C(F)(F)C(F)(F)C(F)(F)C(F)(F)C(F)(F)C(F)(F)F)cc1. The van der Waals surface area contributed by atoms with Crippen molar-refractivity contribution in [3.8, 4) is 0 Å². The molecule has 0 heterocycles. The highest BCUT2D eigenvalue weighted by molar-refractivity contribution is 6.67. The predicted molar refractivity (Wildman–Crippen MR) is 71.3 cm³/mol. The molecule has 17 heteroatoms. The molecule has 0 saturated heterocycles. The van der Waals surface area contributed by atoms with Gasteiger partial charge in [-0.05, 0) is 23.7 Å². The monoisotopic (exact) mass is 508 g/mol. The molecule has 178 valence electrons. The van der Waals surface area contributed by atoms with Gasteiger partial charge in [-0.2, -0.15) is 65.9 Å². The third-order valence-electron chi connectivity index (χ3n) is 3.80. The van der Waals surface area contributed by atoms with Gasteiger partial charge in [0.2, 0.25) is 0 Å². The summed E-state index contributed by atoms with van der Waals surface area (Å²) in [5, 5.41) is -1.40. The van der Waals surface area contributed by atoms with Gasteiger partial charge in [0.05, 0.1) is 0 Å². The number of halogens is 16. The second kappa shape index (κ2) is 7.33. The summed E-state index contributed by atoms with van der Waals surface area (Å²) in [6.07, 6.45) is -7.66. The van der Waals surface area contributed by atoms with Crippen molar-refractivity contribution < 1.29 is 70.7 Å². The number of carbonyl (C=O) groups is 1. The fourth-order valence-corrected chi connectivity index (χ4v) is 2.08. The van der Waals surface area contributed by atoms with Gasteiger partial charge in [0.25, 0.3) is 5.24 Å². The van der Waals surface area contributed by atoms with Gasteiger partial charge in [0.1, 0.15) is 0 Å². The Morgan fingerprint density at radius 2 is 0.871 bits per heavy atom. The summed E-state index contributed by atoms with van der Waals surface area (Å²) in [4.78, 5) is 10.7. The molecule has 0 radical (unpaired) electrons. The zero-order valence-electron chi connectivity index (χ0n) is 13.8. The van der Waals surface area contributed by atoms with Gasteiger partial charge in [-0.1, -0.05) is 12.1 Å². The zero-order valence-corrected chi connectivity index (χ0v) is 14.5. The van der Waals surface area contributed by atoms with Crippen LogP contribution in [-0.4, -0.2) is 41.0 Å². The van der Waals surface area contributed by atoms with Gasteiger partial charge in [-0.25, -0.2) is 0 Å². The molecule has 31 heavy (non-hydrogen) atoms. The molecular weight excluding hydrogens is 505 g/mol. The summed E-state index contributed by atoms with van der Waals surface area (Å²) in [6, 6.07) is -0.116. The van der Waals surface area contributed by atoms with Crippen molar-refractivity contribution in [3.63, 3.8) is 0 Å². The maximum absolute atomic E-state index is 13.9. The van der Waals surface area contributed by atoms with E-state index in [1.165, 1.54) is 0 Å². The molecule has 0 fully saturated rings. The molecular formula is C14H4ClF15O. The smallest absolute Gasteiger partial charge is 0.276 e. The van der Waals surface area contributed by atoms with Gasteiger partial charge in [-0.15, -0.1) is 0 Å². The number of rotatable bonds is 7. The number of benzene rings is 1. The summed E-state index contributed by atoms with van der Waals surface area (Å²) in [5.74, 6) is -47.0. The van der Waals surface area contributed by atoms with Crippen molar-refractivity contribution in [2.45, 2.75) is 41.7 Å². The first-order chi connectivity index (χ1) is 13.4. The Bertz CT molecular complexity index is 825. The second-order valence-electron chi connectivity index (χ2n) is 5.80. The van der Waals surface area contributed by atoms with Crippen LogP contribution in [0, 0.1) is 0 Å². The van der Waals surface area contributed by atoms with Crippen molar-refractivity contribution in [2.24, 2.45) is 0 Å². The molecule has 0 bridgehead atoms. The van der Waals surface area contributed by atoms with Crippen LogP contribution >= 0.6 is 11.6 Å². The van der Waals surface area contributed by atoms with E-state index in [4.69, 9.17) is 11.6 Å². The summed E-state index contributed by atoms with van der Waals surface area (Å²) in [5.41, 5.74) is -3.03. The molecule has 1 nitrogen and oxygen atoms in total. The highest BCUT2D eigenvalue weighted by atomic mass is 35.5. The Hall–Kier alpha value is -1.87. The lowest BCUT2D eigenvalue weighted by Crippen LogP contribution is -2.72. The molecule has 0 amide bonds. The minimum absolute atomic E-state index is 0.192.